The van der Waals surface area contributed by atoms with Gasteiger partial charge in [-0.2, -0.15) is 0 Å². The van der Waals surface area contributed by atoms with Gasteiger partial charge in [0.1, 0.15) is 16.9 Å². The summed E-state index contributed by atoms with van der Waals surface area (Å²) < 4.78 is 16.1. The number of methoxy groups -OCH3 is 2. The van der Waals surface area contributed by atoms with Gasteiger partial charge in [0.15, 0.2) is 0 Å². The zero-order valence-corrected chi connectivity index (χ0v) is 13.6. The molecule has 0 saturated carbocycles. The molecule has 0 atom stereocenters. The molecule has 0 spiro atoms. The molecule has 0 radical (unpaired) electrons. The molecule has 2 rings (SSSR count). The highest BCUT2D eigenvalue weighted by molar-refractivity contribution is 5.94. The number of carbonyl (C=O) groups excluding carboxylic acids is 2. The average molecular weight is 331 g/mol. The van der Waals surface area contributed by atoms with Gasteiger partial charge in [0.05, 0.1) is 20.8 Å². The summed E-state index contributed by atoms with van der Waals surface area (Å²) in [5.41, 5.74) is -0.617. The number of pyridine rings is 1. The fourth-order valence-corrected chi connectivity index (χ4v) is 2.12. The number of esters is 2. The van der Waals surface area contributed by atoms with Crippen molar-refractivity contribution in [2.45, 2.75) is 6.92 Å². The average Bonchev–Trinajstić information content (AvgIpc) is 2.61. The Morgan fingerprint density at radius 3 is 1.88 bits per heavy atom. The maximum Gasteiger partial charge on any atom is 0.343 e. The number of carbonyl (C=O) groups is 2. The Balaban J connectivity index is 2.58. The minimum Gasteiger partial charge on any atom is -0.494 e. The molecule has 126 valence electrons. The second-order valence-electron chi connectivity index (χ2n) is 4.73. The molecule has 0 unspecified atom stereocenters. The summed E-state index contributed by atoms with van der Waals surface area (Å²) in [6.07, 6.45) is 2.63. The quantitative estimate of drug-likeness (QED) is 0.777. The first kappa shape index (κ1) is 17.3. The lowest BCUT2D eigenvalue weighted by Gasteiger charge is -2.11. The maximum absolute atomic E-state index is 12.3. The molecule has 0 fully saturated rings. The molecule has 0 bridgehead atoms. The molecule has 0 aliphatic rings. The summed E-state index contributed by atoms with van der Waals surface area (Å²) in [6.45, 7) is 2.41. The van der Waals surface area contributed by atoms with Crippen LogP contribution in [0.1, 0.15) is 27.6 Å². The monoisotopic (exact) mass is 331 g/mol. The largest absolute Gasteiger partial charge is 0.494 e. The molecule has 7 nitrogen and oxygen atoms in total. The van der Waals surface area contributed by atoms with Gasteiger partial charge in [-0.3, -0.25) is 4.79 Å². The third-order valence-electron chi connectivity index (χ3n) is 3.28. The number of benzene rings is 1. The van der Waals surface area contributed by atoms with Crippen LogP contribution in [0.3, 0.4) is 0 Å². The van der Waals surface area contributed by atoms with E-state index in [1.54, 1.807) is 24.3 Å². The first-order chi connectivity index (χ1) is 11.5. The molecule has 1 heterocycles. The molecule has 0 amide bonds. The molecule has 0 aliphatic carbocycles. The van der Waals surface area contributed by atoms with Crippen molar-refractivity contribution in [1.29, 1.82) is 0 Å². The number of nitrogens with zero attached hydrogens (tertiary/aromatic N) is 1. The van der Waals surface area contributed by atoms with E-state index >= 15 is 0 Å². The highest BCUT2D eigenvalue weighted by atomic mass is 16.5. The predicted molar refractivity (Wildman–Crippen MR) is 85.9 cm³/mol. The fourth-order valence-electron chi connectivity index (χ4n) is 2.12. The van der Waals surface area contributed by atoms with Crippen molar-refractivity contribution in [2.75, 3.05) is 20.8 Å². The van der Waals surface area contributed by atoms with E-state index in [0.717, 1.165) is 14.2 Å². The Morgan fingerprint density at radius 1 is 0.958 bits per heavy atom. The third kappa shape index (κ3) is 3.45. The minimum absolute atomic E-state index is 0.255. The summed E-state index contributed by atoms with van der Waals surface area (Å²) in [4.78, 5) is 35.9. The van der Waals surface area contributed by atoms with Crippen molar-refractivity contribution in [2.24, 2.45) is 0 Å². The SMILES string of the molecule is CCOc1ccc(-n2cc(C(=O)OC)c(=O)c(C(=O)OC)c2)cc1. The predicted octanol–water partition coefficient (Wildman–Crippen LogP) is 1.81. The van der Waals surface area contributed by atoms with Crippen LogP contribution in [0.5, 0.6) is 5.75 Å². The van der Waals surface area contributed by atoms with Gasteiger partial charge in [0.25, 0.3) is 0 Å². The molecule has 1 aromatic heterocycles. The van der Waals surface area contributed by atoms with Crippen LogP contribution in [0.4, 0.5) is 0 Å². The van der Waals surface area contributed by atoms with Crippen molar-refractivity contribution in [1.82, 2.24) is 4.57 Å². The summed E-state index contributed by atoms with van der Waals surface area (Å²) in [5.74, 6) is -0.973. The van der Waals surface area contributed by atoms with Gasteiger partial charge >= 0.3 is 11.9 Å². The zero-order valence-electron chi connectivity index (χ0n) is 13.6. The van der Waals surface area contributed by atoms with Crippen molar-refractivity contribution >= 4 is 11.9 Å². The Labute approximate surface area is 138 Å². The number of hydrogen-bond acceptors (Lipinski definition) is 6. The van der Waals surface area contributed by atoms with Crippen LogP contribution in [-0.2, 0) is 9.47 Å². The summed E-state index contributed by atoms with van der Waals surface area (Å²) in [6, 6.07) is 6.95. The molecule has 2 aromatic rings. The van der Waals surface area contributed by atoms with Crippen LogP contribution < -0.4 is 10.2 Å². The van der Waals surface area contributed by atoms with Crippen LogP contribution in [0.2, 0.25) is 0 Å². The van der Waals surface area contributed by atoms with E-state index in [2.05, 4.69) is 9.47 Å². The molecule has 1 aromatic carbocycles. The standard InChI is InChI=1S/C17H17NO6/c1-4-24-12-7-5-11(6-8-12)18-9-13(16(20)22-2)15(19)14(10-18)17(21)23-3/h5-10H,4H2,1-3H3. The molecular weight excluding hydrogens is 314 g/mol. The summed E-state index contributed by atoms with van der Waals surface area (Å²) in [5, 5.41) is 0. The molecule has 7 heteroatoms. The number of ether oxygens (including phenoxy) is 3. The molecule has 0 N–H and O–H groups in total. The van der Waals surface area contributed by atoms with Gasteiger partial charge in [-0.05, 0) is 31.2 Å². The van der Waals surface area contributed by atoms with Crippen LogP contribution in [0.25, 0.3) is 5.69 Å². The van der Waals surface area contributed by atoms with E-state index in [0.29, 0.717) is 18.0 Å². The smallest absolute Gasteiger partial charge is 0.343 e. The van der Waals surface area contributed by atoms with Crippen molar-refractivity contribution < 1.29 is 23.8 Å². The Bertz CT molecular complexity index is 767. The van der Waals surface area contributed by atoms with E-state index in [4.69, 9.17) is 4.74 Å². The number of hydrogen-bond donors (Lipinski definition) is 0. The normalized spacial score (nSPS) is 10.1. The highest BCUT2D eigenvalue weighted by Gasteiger charge is 2.20. The van der Waals surface area contributed by atoms with Gasteiger partial charge in [0.2, 0.25) is 5.43 Å². The van der Waals surface area contributed by atoms with Crippen molar-refractivity contribution in [3.8, 4) is 11.4 Å². The summed E-state index contributed by atoms with van der Waals surface area (Å²) >= 11 is 0. The second-order valence-corrected chi connectivity index (χ2v) is 4.73. The van der Waals surface area contributed by atoms with E-state index in [9.17, 15) is 14.4 Å². The lowest BCUT2D eigenvalue weighted by molar-refractivity contribution is 0.0595. The molecular formula is C17H17NO6. The van der Waals surface area contributed by atoms with Gasteiger partial charge in [-0.1, -0.05) is 0 Å². The van der Waals surface area contributed by atoms with Gasteiger partial charge < -0.3 is 18.8 Å². The topological polar surface area (TPSA) is 83.8 Å². The van der Waals surface area contributed by atoms with E-state index in [-0.39, 0.29) is 11.1 Å². The van der Waals surface area contributed by atoms with E-state index in [1.165, 1.54) is 17.0 Å². The van der Waals surface area contributed by atoms with E-state index in [1.807, 2.05) is 6.92 Å². The van der Waals surface area contributed by atoms with Crippen LogP contribution in [-0.4, -0.2) is 37.3 Å². The van der Waals surface area contributed by atoms with Crippen molar-refractivity contribution in [3.05, 3.63) is 58.0 Å². The van der Waals surface area contributed by atoms with Crippen LogP contribution in [0, 0.1) is 0 Å². The third-order valence-corrected chi connectivity index (χ3v) is 3.28. The van der Waals surface area contributed by atoms with Crippen LogP contribution >= 0.6 is 0 Å². The van der Waals surface area contributed by atoms with Crippen LogP contribution in [0.15, 0.2) is 41.5 Å². The fraction of sp³-hybridized carbons (Fsp3) is 0.235. The second kappa shape index (κ2) is 7.45. The Kier molecular flexibility index (Phi) is 5.36. The lowest BCUT2D eigenvalue weighted by Crippen LogP contribution is -2.25. The minimum atomic E-state index is -0.828. The maximum atomic E-state index is 12.3. The Morgan fingerprint density at radius 2 is 1.46 bits per heavy atom. The summed E-state index contributed by atoms with van der Waals surface area (Å²) in [7, 11) is 2.32. The van der Waals surface area contributed by atoms with Gasteiger partial charge in [-0.25, -0.2) is 9.59 Å². The number of aromatic nitrogens is 1. The molecule has 0 saturated heterocycles. The molecule has 24 heavy (non-hydrogen) atoms. The van der Waals surface area contributed by atoms with Crippen molar-refractivity contribution in [3.63, 3.8) is 0 Å². The lowest BCUT2D eigenvalue weighted by atomic mass is 10.1. The molecule has 0 aliphatic heterocycles. The highest BCUT2D eigenvalue weighted by Crippen LogP contribution is 2.16. The zero-order chi connectivity index (χ0) is 17.7. The Hall–Kier alpha value is -3.09. The van der Waals surface area contributed by atoms with Gasteiger partial charge in [-0.15, -0.1) is 0 Å². The first-order valence-corrected chi connectivity index (χ1v) is 7.18. The van der Waals surface area contributed by atoms with E-state index < -0.39 is 17.4 Å². The first-order valence-electron chi connectivity index (χ1n) is 7.18. The van der Waals surface area contributed by atoms with Gasteiger partial charge in [0, 0.05) is 18.1 Å². The number of rotatable bonds is 5.